The maximum absolute atomic E-state index is 13.2. The molecule has 0 spiro atoms. The summed E-state index contributed by atoms with van der Waals surface area (Å²) in [5.41, 5.74) is 3.54. The molecule has 2 aromatic rings. The maximum Gasteiger partial charge on any atom is 0.334 e. The Kier molecular flexibility index (Phi) is 3.69. The van der Waals surface area contributed by atoms with Crippen molar-refractivity contribution in [3.05, 3.63) is 41.1 Å². The van der Waals surface area contributed by atoms with Crippen LogP contribution in [0.15, 0.2) is 24.3 Å². The summed E-state index contributed by atoms with van der Waals surface area (Å²) in [4.78, 5) is 30.7. The van der Waals surface area contributed by atoms with E-state index in [-0.39, 0.29) is 19.1 Å². The predicted octanol–water partition coefficient (Wildman–Crippen LogP) is 1.65. The second kappa shape index (κ2) is 5.87. The first kappa shape index (κ1) is 15.1. The third kappa shape index (κ3) is 2.43. The van der Waals surface area contributed by atoms with Crippen LogP contribution in [0.3, 0.4) is 0 Å². The number of aliphatic carboxylic acids is 1. The number of carbonyl (C=O) groups is 2. The summed E-state index contributed by atoms with van der Waals surface area (Å²) in [6.45, 7) is 0.738. The standard InChI is InChI=1S/C18H18N2O4/c21-17(20-8-9-24-15(10-20)18(22)23)16-11-4-1-2-6-13(11)19-14-7-3-5-12(14)16/h1-2,4,6,15H,3,5,7-10H2,(H,22,23). The van der Waals surface area contributed by atoms with Crippen molar-refractivity contribution in [3.8, 4) is 0 Å². The smallest absolute Gasteiger partial charge is 0.334 e. The Morgan fingerprint density at radius 3 is 2.92 bits per heavy atom. The molecule has 0 radical (unpaired) electrons. The van der Waals surface area contributed by atoms with Crippen LogP contribution in [0.4, 0.5) is 0 Å². The first-order valence-electron chi connectivity index (χ1n) is 8.19. The van der Waals surface area contributed by atoms with Crippen molar-refractivity contribution in [1.82, 2.24) is 9.88 Å². The average Bonchev–Trinajstić information content (AvgIpc) is 3.07. The molecule has 0 saturated carbocycles. The zero-order valence-corrected chi connectivity index (χ0v) is 13.2. The van der Waals surface area contributed by atoms with E-state index in [0.717, 1.165) is 41.4 Å². The Morgan fingerprint density at radius 2 is 2.08 bits per heavy atom. The summed E-state index contributed by atoms with van der Waals surface area (Å²) in [5, 5.41) is 10.0. The van der Waals surface area contributed by atoms with Crippen LogP contribution in [0, 0.1) is 0 Å². The van der Waals surface area contributed by atoms with Crippen LogP contribution in [-0.4, -0.2) is 52.7 Å². The molecule has 2 heterocycles. The van der Waals surface area contributed by atoms with Gasteiger partial charge in [0, 0.05) is 17.6 Å². The molecule has 1 amide bonds. The summed E-state index contributed by atoms with van der Waals surface area (Å²) < 4.78 is 5.23. The SMILES string of the molecule is O=C(O)C1CN(C(=O)c2c3c(nc4ccccc24)CCC3)CCO1. The van der Waals surface area contributed by atoms with Crippen molar-refractivity contribution in [3.63, 3.8) is 0 Å². The van der Waals surface area contributed by atoms with Gasteiger partial charge in [-0.3, -0.25) is 9.78 Å². The lowest BCUT2D eigenvalue weighted by molar-refractivity contribution is -0.154. The number of carboxylic acids is 1. The van der Waals surface area contributed by atoms with E-state index in [0.29, 0.717) is 12.1 Å². The Labute approximate surface area is 139 Å². The van der Waals surface area contributed by atoms with Crippen molar-refractivity contribution in [1.29, 1.82) is 0 Å². The lowest BCUT2D eigenvalue weighted by Crippen LogP contribution is -2.48. The van der Waals surface area contributed by atoms with Crippen LogP contribution in [0.5, 0.6) is 0 Å². The highest BCUT2D eigenvalue weighted by Crippen LogP contribution is 2.31. The predicted molar refractivity (Wildman–Crippen MR) is 87.0 cm³/mol. The molecule has 1 aromatic heterocycles. The van der Waals surface area contributed by atoms with E-state index in [2.05, 4.69) is 0 Å². The quantitative estimate of drug-likeness (QED) is 0.908. The fourth-order valence-electron chi connectivity index (χ4n) is 3.60. The number of aryl methyl sites for hydroxylation is 1. The van der Waals surface area contributed by atoms with E-state index in [1.54, 1.807) is 4.90 Å². The molecule has 1 aromatic carbocycles. The zero-order valence-electron chi connectivity index (χ0n) is 13.2. The molecule has 1 N–H and O–H groups in total. The number of amides is 1. The van der Waals surface area contributed by atoms with Gasteiger partial charge in [-0.25, -0.2) is 4.79 Å². The lowest BCUT2D eigenvalue weighted by Gasteiger charge is -2.31. The van der Waals surface area contributed by atoms with Gasteiger partial charge in [0.1, 0.15) is 0 Å². The van der Waals surface area contributed by atoms with Crippen LogP contribution >= 0.6 is 0 Å². The normalized spacial score (nSPS) is 20.2. The van der Waals surface area contributed by atoms with Gasteiger partial charge in [0.15, 0.2) is 6.10 Å². The Hall–Kier alpha value is -2.47. The number of para-hydroxylation sites is 1. The first-order valence-corrected chi connectivity index (χ1v) is 8.19. The van der Waals surface area contributed by atoms with E-state index in [4.69, 9.17) is 14.8 Å². The highest BCUT2D eigenvalue weighted by Gasteiger charge is 2.32. The number of carboxylic acid groups (broad SMARTS) is 1. The molecule has 6 heteroatoms. The van der Waals surface area contributed by atoms with E-state index < -0.39 is 12.1 Å². The number of nitrogens with zero attached hydrogens (tertiary/aromatic N) is 2. The molecule has 1 aliphatic heterocycles. The topological polar surface area (TPSA) is 79.7 Å². The van der Waals surface area contributed by atoms with E-state index >= 15 is 0 Å². The molecule has 4 rings (SSSR count). The fourth-order valence-corrected chi connectivity index (χ4v) is 3.60. The molecule has 0 bridgehead atoms. The maximum atomic E-state index is 13.2. The number of fused-ring (bicyclic) bond motifs is 2. The Balaban J connectivity index is 1.78. The van der Waals surface area contributed by atoms with Gasteiger partial charge in [0.25, 0.3) is 5.91 Å². The summed E-state index contributed by atoms with van der Waals surface area (Å²) >= 11 is 0. The highest BCUT2D eigenvalue weighted by molar-refractivity contribution is 6.08. The average molecular weight is 326 g/mol. The number of morpholine rings is 1. The van der Waals surface area contributed by atoms with Gasteiger partial charge >= 0.3 is 5.97 Å². The molecule has 6 nitrogen and oxygen atoms in total. The van der Waals surface area contributed by atoms with Gasteiger partial charge in [-0.15, -0.1) is 0 Å². The van der Waals surface area contributed by atoms with Crippen LogP contribution in [0.25, 0.3) is 10.9 Å². The third-order valence-corrected chi connectivity index (χ3v) is 4.76. The zero-order chi connectivity index (χ0) is 16.7. The number of rotatable bonds is 2. The molecule has 1 atom stereocenters. The van der Waals surface area contributed by atoms with E-state index in [9.17, 15) is 9.59 Å². The molecular formula is C18H18N2O4. The molecule has 1 unspecified atom stereocenters. The van der Waals surface area contributed by atoms with Crippen molar-refractivity contribution in [2.75, 3.05) is 19.7 Å². The molecule has 2 aliphatic rings. The van der Waals surface area contributed by atoms with Crippen molar-refractivity contribution >= 4 is 22.8 Å². The van der Waals surface area contributed by atoms with Crippen molar-refractivity contribution in [2.24, 2.45) is 0 Å². The lowest BCUT2D eigenvalue weighted by atomic mass is 9.99. The first-order chi connectivity index (χ1) is 11.6. The van der Waals surface area contributed by atoms with Gasteiger partial charge in [-0.1, -0.05) is 18.2 Å². The minimum atomic E-state index is -1.03. The summed E-state index contributed by atoms with van der Waals surface area (Å²) in [7, 11) is 0. The second-order valence-electron chi connectivity index (χ2n) is 6.23. The summed E-state index contributed by atoms with van der Waals surface area (Å²) in [6.07, 6.45) is 1.78. The van der Waals surface area contributed by atoms with Crippen molar-refractivity contribution < 1.29 is 19.4 Å². The Bertz CT molecular complexity index is 833. The minimum absolute atomic E-state index is 0.0829. The summed E-state index contributed by atoms with van der Waals surface area (Å²) in [6, 6.07) is 7.66. The van der Waals surface area contributed by atoms with E-state index in [1.807, 2.05) is 24.3 Å². The largest absolute Gasteiger partial charge is 0.479 e. The fraction of sp³-hybridized carbons (Fsp3) is 0.389. The molecule has 1 fully saturated rings. The highest BCUT2D eigenvalue weighted by atomic mass is 16.5. The van der Waals surface area contributed by atoms with Gasteiger partial charge in [-0.05, 0) is 30.9 Å². The third-order valence-electron chi connectivity index (χ3n) is 4.76. The second-order valence-corrected chi connectivity index (χ2v) is 6.23. The van der Waals surface area contributed by atoms with Crippen LogP contribution in [0.1, 0.15) is 28.0 Å². The molecular weight excluding hydrogens is 308 g/mol. The number of hydrogen-bond acceptors (Lipinski definition) is 4. The number of ether oxygens (including phenoxy) is 1. The number of pyridine rings is 1. The number of benzene rings is 1. The number of aromatic nitrogens is 1. The van der Waals surface area contributed by atoms with E-state index in [1.165, 1.54) is 0 Å². The van der Waals surface area contributed by atoms with Crippen molar-refractivity contribution in [2.45, 2.75) is 25.4 Å². The number of hydrogen-bond donors (Lipinski definition) is 1. The van der Waals surface area contributed by atoms with Gasteiger partial charge in [0.05, 0.1) is 24.2 Å². The van der Waals surface area contributed by atoms with Crippen LogP contribution < -0.4 is 0 Å². The molecule has 1 saturated heterocycles. The van der Waals surface area contributed by atoms with Gasteiger partial charge in [-0.2, -0.15) is 0 Å². The van der Waals surface area contributed by atoms with Crippen LogP contribution in [-0.2, 0) is 22.4 Å². The monoisotopic (exact) mass is 326 g/mol. The minimum Gasteiger partial charge on any atom is -0.479 e. The Morgan fingerprint density at radius 1 is 1.25 bits per heavy atom. The molecule has 24 heavy (non-hydrogen) atoms. The molecule has 1 aliphatic carbocycles. The van der Waals surface area contributed by atoms with Crippen LogP contribution in [0.2, 0.25) is 0 Å². The summed E-state index contributed by atoms with van der Waals surface area (Å²) in [5.74, 6) is -1.14. The van der Waals surface area contributed by atoms with Gasteiger partial charge in [0.2, 0.25) is 0 Å². The van der Waals surface area contributed by atoms with Gasteiger partial charge < -0.3 is 14.7 Å². The molecule has 124 valence electrons. The number of carbonyl (C=O) groups excluding carboxylic acids is 1.